The van der Waals surface area contributed by atoms with Gasteiger partial charge < -0.3 is 10.6 Å². The number of rotatable bonds is 2. The number of anilines is 1. The zero-order chi connectivity index (χ0) is 10.1. The second-order valence-electron chi connectivity index (χ2n) is 3.62. The topological polar surface area (TPSA) is 62.7 Å². The van der Waals surface area contributed by atoms with E-state index >= 15 is 0 Å². The van der Waals surface area contributed by atoms with Crippen LogP contribution in [0, 0.1) is 0 Å². The molecule has 1 saturated heterocycles. The van der Waals surface area contributed by atoms with Crippen LogP contribution in [-0.4, -0.2) is 34.3 Å². The summed E-state index contributed by atoms with van der Waals surface area (Å²) >= 11 is 0. The van der Waals surface area contributed by atoms with Crippen molar-refractivity contribution >= 4 is 17.0 Å². The molecule has 0 amide bonds. The lowest BCUT2D eigenvalue weighted by molar-refractivity contribution is 0.469. The van der Waals surface area contributed by atoms with Gasteiger partial charge >= 0.3 is 0 Å². The molecular weight excluding hydrogens is 190 g/mol. The van der Waals surface area contributed by atoms with Gasteiger partial charge in [-0.1, -0.05) is 12.1 Å². The largest absolute Gasteiger partial charge is 0.348 e. The number of hydrogen-bond acceptors (Lipinski definition) is 5. The second kappa shape index (κ2) is 3.43. The summed E-state index contributed by atoms with van der Waals surface area (Å²) in [7, 11) is 0. The molecule has 0 atom stereocenters. The molecule has 1 fully saturated rings. The molecule has 5 nitrogen and oxygen atoms in total. The number of fused-ring (bicyclic) bond motifs is 1. The van der Waals surface area contributed by atoms with Crippen molar-refractivity contribution in [3.63, 3.8) is 0 Å². The van der Waals surface area contributed by atoms with Crippen molar-refractivity contribution < 1.29 is 0 Å². The number of nitrogens with one attached hydrogen (secondary N) is 2. The molecule has 0 saturated carbocycles. The normalized spacial score (nSPS) is 16.3. The average molecular weight is 201 g/mol. The molecule has 0 spiro atoms. The first-order valence-corrected chi connectivity index (χ1v) is 4.98. The van der Waals surface area contributed by atoms with Crippen LogP contribution in [-0.2, 0) is 0 Å². The number of hydrogen-bond donors (Lipinski definition) is 2. The zero-order valence-electron chi connectivity index (χ0n) is 8.14. The van der Waals surface area contributed by atoms with E-state index in [2.05, 4.69) is 25.8 Å². The van der Waals surface area contributed by atoms with Crippen LogP contribution in [0.2, 0.25) is 0 Å². The van der Waals surface area contributed by atoms with Crippen molar-refractivity contribution in [1.82, 2.24) is 20.5 Å². The predicted molar refractivity (Wildman–Crippen MR) is 57.6 cm³/mol. The lowest BCUT2D eigenvalue weighted by atomic mass is 10.2. The highest BCUT2D eigenvalue weighted by Crippen LogP contribution is 2.10. The number of aromatic nitrogens is 3. The fourth-order valence-electron chi connectivity index (χ4n) is 1.52. The van der Waals surface area contributed by atoms with Gasteiger partial charge in [-0.3, -0.25) is 0 Å². The fourth-order valence-corrected chi connectivity index (χ4v) is 1.52. The quantitative estimate of drug-likeness (QED) is 0.736. The third kappa shape index (κ3) is 1.61. The number of para-hydroxylation sites is 1. The van der Waals surface area contributed by atoms with E-state index in [4.69, 9.17) is 0 Å². The van der Waals surface area contributed by atoms with Crippen molar-refractivity contribution in [2.75, 3.05) is 18.4 Å². The second-order valence-corrected chi connectivity index (χ2v) is 3.62. The van der Waals surface area contributed by atoms with E-state index in [0.29, 0.717) is 12.0 Å². The Bertz CT molecular complexity index is 480. The Morgan fingerprint density at radius 3 is 2.67 bits per heavy atom. The van der Waals surface area contributed by atoms with Gasteiger partial charge in [-0.2, -0.15) is 0 Å². The predicted octanol–water partition coefficient (Wildman–Crippen LogP) is 0.408. The summed E-state index contributed by atoms with van der Waals surface area (Å²) in [4.78, 5) is 4.38. The summed E-state index contributed by atoms with van der Waals surface area (Å²) in [5.74, 6) is 0.611. The van der Waals surface area contributed by atoms with Crippen LogP contribution < -0.4 is 10.6 Å². The Morgan fingerprint density at radius 2 is 1.93 bits per heavy atom. The molecule has 1 aromatic heterocycles. The highest BCUT2D eigenvalue weighted by molar-refractivity contribution is 5.74. The minimum absolute atomic E-state index is 0.438. The van der Waals surface area contributed by atoms with Gasteiger partial charge in [0, 0.05) is 13.1 Å². The number of benzene rings is 1. The molecular formula is C10H11N5. The molecule has 0 unspecified atom stereocenters. The Hall–Kier alpha value is -1.75. The standard InChI is InChI=1S/C10H11N5/c1-2-4-9-8(3-1)13-10(15-14-9)12-7-5-11-6-7/h1-4,7,11H,5-6H2,(H,12,13,15). The summed E-state index contributed by atoms with van der Waals surface area (Å²) in [5, 5.41) is 14.5. The molecule has 2 N–H and O–H groups in total. The number of nitrogens with zero attached hydrogens (tertiary/aromatic N) is 3. The van der Waals surface area contributed by atoms with Crippen molar-refractivity contribution in [3.05, 3.63) is 24.3 Å². The molecule has 0 radical (unpaired) electrons. The van der Waals surface area contributed by atoms with E-state index in [1.807, 2.05) is 24.3 Å². The van der Waals surface area contributed by atoms with Crippen LogP contribution in [0.15, 0.2) is 24.3 Å². The molecule has 1 aliphatic rings. The summed E-state index contributed by atoms with van der Waals surface area (Å²) in [6.45, 7) is 1.94. The molecule has 3 rings (SSSR count). The SMILES string of the molecule is c1ccc2nc(NC3CNC3)nnc2c1. The summed E-state index contributed by atoms with van der Waals surface area (Å²) in [5.41, 5.74) is 1.71. The van der Waals surface area contributed by atoms with Gasteiger partial charge in [-0.05, 0) is 12.1 Å². The van der Waals surface area contributed by atoms with E-state index in [1.165, 1.54) is 0 Å². The maximum Gasteiger partial charge on any atom is 0.243 e. The van der Waals surface area contributed by atoms with Crippen LogP contribution >= 0.6 is 0 Å². The fraction of sp³-hybridized carbons (Fsp3) is 0.300. The molecule has 2 aromatic rings. The highest BCUT2D eigenvalue weighted by atomic mass is 15.3. The van der Waals surface area contributed by atoms with Crippen LogP contribution in [0.4, 0.5) is 5.95 Å². The minimum Gasteiger partial charge on any atom is -0.348 e. The minimum atomic E-state index is 0.438. The van der Waals surface area contributed by atoms with Gasteiger partial charge in [0.05, 0.1) is 11.6 Å². The van der Waals surface area contributed by atoms with E-state index in [-0.39, 0.29) is 0 Å². The van der Waals surface area contributed by atoms with Crippen LogP contribution in [0.25, 0.3) is 11.0 Å². The molecule has 15 heavy (non-hydrogen) atoms. The average Bonchev–Trinajstić information content (AvgIpc) is 2.23. The van der Waals surface area contributed by atoms with Crippen LogP contribution in [0.1, 0.15) is 0 Å². The molecule has 1 aliphatic heterocycles. The van der Waals surface area contributed by atoms with E-state index in [1.54, 1.807) is 0 Å². The van der Waals surface area contributed by atoms with Gasteiger partial charge in [-0.15, -0.1) is 10.2 Å². The summed E-state index contributed by atoms with van der Waals surface area (Å²) in [6.07, 6.45) is 0. The molecule has 1 aromatic carbocycles. The first kappa shape index (κ1) is 8.55. The Kier molecular flexibility index (Phi) is 1.96. The maximum atomic E-state index is 4.38. The van der Waals surface area contributed by atoms with Crippen molar-refractivity contribution in [1.29, 1.82) is 0 Å². The highest BCUT2D eigenvalue weighted by Gasteiger charge is 2.17. The van der Waals surface area contributed by atoms with Crippen molar-refractivity contribution in [3.8, 4) is 0 Å². The van der Waals surface area contributed by atoms with E-state index in [9.17, 15) is 0 Å². The monoisotopic (exact) mass is 201 g/mol. The lowest BCUT2D eigenvalue weighted by Crippen LogP contribution is -2.51. The van der Waals surface area contributed by atoms with E-state index < -0.39 is 0 Å². The summed E-state index contributed by atoms with van der Waals surface area (Å²) < 4.78 is 0. The molecule has 0 bridgehead atoms. The Balaban J connectivity index is 1.91. The third-order valence-electron chi connectivity index (χ3n) is 2.48. The molecule has 76 valence electrons. The van der Waals surface area contributed by atoms with Gasteiger partial charge in [0.1, 0.15) is 5.52 Å². The first-order chi connectivity index (χ1) is 7.42. The van der Waals surface area contributed by atoms with Crippen molar-refractivity contribution in [2.45, 2.75) is 6.04 Å². The van der Waals surface area contributed by atoms with Crippen molar-refractivity contribution in [2.24, 2.45) is 0 Å². The molecule has 0 aliphatic carbocycles. The van der Waals surface area contributed by atoms with E-state index in [0.717, 1.165) is 24.1 Å². The zero-order valence-corrected chi connectivity index (χ0v) is 8.14. The summed E-state index contributed by atoms with van der Waals surface area (Å²) in [6, 6.07) is 8.17. The smallest absolute Gasteiger partial charge is 0.243 e. The van der Waals surface area contributed by atoms with Gasteiger partial charge in [-0.25, -0.2) is 4.98 Å². The Morgan fingerprint density at radius 1 is 1.13 bits per heavy atom. The third-order valence-corrected chi connectivity index (χ3v) is 2.48. The molecule has 2 heterocycles. The lowest BCUT2D eigenvalue weighted by Gasteiger charge is -2.27. The van der Waals surface area contributed by atoms with Crippen LogP contribution in [0.3, 0.4) is 0 Å². The maximum absolute atomic E-state index is 4.38. The Labute approximate surface area is 86.9 Å². The van der Waals surface area contributed by atoms with Crippen LogP contribution in [0.5, 0.6) is 0 Å². The first-order valence-electron chi connectivity index (χ1n) is 4.98. The van der Waals surface area contributed by atoms with Gasteiger partial charge in [0.15, 0.2) is 0 Å². The molecule has 5 heteroatoms. The van der Waals surface area contributed by atoms with Gasteiger partial charge in [0.25, 0.3) is 0 Å². The van der Waals surface area contributed by atoms with Gasteiger partial charge in [0.2, 0.25) is 5.95 Å².